The third kappa shape index (κ3) is 4.28. The molecule has 1 rings (SSSR count). The van der Waals surface area contributed by atoms with Crippen molar-refractivity contribution in [1.82, 2.24) is 10.2 Å². The van der Waals surface area contributed by atoms with Crippen LogP contribution in [0.2, 0.25) is 0 Å². The Morgan fingerprint density at radius 1 is 1.47 bits per heavy atom. The summed E-state index contributed by atoms with van der Waals surface area (Å²) in [6.07, 6.45) is 2.89. The second-order valence-electron chi connectivity index (χ2n) is 5.71. The van der Waals surface area contributed by atoms with Gasteiger partial charge in [-0.3, -0.25) is 4.79 Å². The molecule has 1 aliphatic carbocycles. The van der Waals surface area contributed by atoms with Crippen molar-refractivity contribution in [3.63, 3.8) is 0 Å². The molecule has 0 radical (unpaired) electrons. The second-order valence-corrected chi connectivity index (χ2v) is 5.71. The monoisotopic (exact) mass is 241 g/mol. The van der Waals surface area contributed by atoms with Crippen LogP contribution in [0.1, 0.15) is 33.1 Å². The minimum atomic E-state index is 0.121. The molecule has 1 saturated carbocycles. The molecule has 0 aromatic carbocycles. The van der Waals surface area contributed by atoms with E-state index >= 15 is 0 Å². The van der Waals surface area contributed by atoms with Crippen LogP contribution in [0.15, 0.2) is 0 Å². The van der Waals surface area contributed by atoms with Crippen LogP contribution in [0.25, 0.3) is 0 Å². The Morgan fingerprint density at radius 2 is 2.12 bits per heavy atom. The largest absolute Gasteiger partial charge is 0.354 e. The molecule has 4 heteroatoms. The van der Waals surface area contributed by atoms with Gasteiger partial charge < -0.3 is 16.0 Å². The van der Waals surface area contributed by atoms with Crippen LogP contribution in [-0.4, -0.2) is 43.5 Å². The van der Waals surface area contributed by atoms with Crippen LogP contribution >= 0.6 is 0 Å². The topological polar surface area (TPSA) is 58.4 Å². The molecule has 0 heterocycles. The highest BCUT2D eigenvalue weighted by Crippen LogP contribution is 2.27. The molecule has 100 valence electrons. The number of hydrogen-bond acceptors (Lipinski definition) is 3. The van der Waals surface area contributed by atoms with Crippen molar-refractivity contribution in [1.29, 1.82) is 0 Å². The Kier molecular flexibility index (Phi) is 5.40. The van der Waals surface area contributed by atoms with E-state index in [4.69, 9.17) is 5.73 Å². The van der Waals surface area contributed by atoms with E-state index in [0.717, 1.165) is 19.3 Å². The van der Waals surface area contributed by atoms with Crippen LogP contribution < -0.4 is 11.1 Å². The molecular weight excluding hydrogens is 214 g/mol. The van der Waals surface area contributed by atoms with Crippen LogP contribution in [0.4, 0.5) is 0 Å². The molecule has 1 aliphatic rings. The van der Waals surface area contributed by atoms with E-state index in [2.05, 4.69) is 24.1 Å². The van der Waals surface area contributed by atoms with E-state index in [1.165, 1.54) is 0 Å². The van der Waals surface area contributed by atoms with Gasteiger partial charge in [-0.2, -0.15) is 0 Å². The Labute approximate surface area is 105 Å². The highest BCUT2D eigenvalue weighted by Gasteiger charge is 2.29. The molecule has 0 bridgehead atoms. The van der Waals surface area contributed by atoms with Crippen molar-refractivity contribution < 1.29 is 4.79 Å². The average molecular weight is 241 g/mol. The number of nitrogens with one attached hydrogen (secondary N) is 1. The van der Waals surface area contributed by atoms with Gasteiger partial charge in [-0.15, -0.1) is 0 Å². The number of hydrogen-bond donors (Lipinski definition) is 2. The number of carbonyl (C=O) groups is 1. The lowest BCUT2D eigenvalue weighted by Crippen LogP contribution is -2.44. The molecule has 3 N–H and O–H groups in total. The molecule has 0 saturated heterocycles. The van der Waals surface area contributed by atoms with Gasteiger partial charge in [0.05, 0.1) is 0 Å². The average Bonchev–Trinajstić information content (AvgIpc) is 2.28. The highest BCUT2D eigenvalue weighted by atomic mass is 16.1. The number of rotatable bonds is 4. The smallest absolute Gasteiger partial charge is 0.223 e. The van der Waals surface area contributed by atoms with Crippen molar-refractivity contribution in [2.24, 2.45) is 17.6 Å². The third-order valence-electron chi connectivity index (χ3n) is 4.08. The lowest BCUT2D eigenvalue weighted by molar-refractivity contribution is -0.126. The zero-order valence-corrected chi connectivity index (χ0v) is 11.6. The maximum Gasteiger partial charge on any atom is 0.223 e. The molecule has 0 aromatic rings. The lowest BCUT2D eigenvalue weighted by atomic mass is 9.79. The summed E-state index contributed by atoms with van der Waals surface area (Å²) in [5.41, 5.74) is 6.02. The number of carbonyl (C=O) groups excluding carboxylic acids is 1. The number of amides is 1. The minimum absolute atomic E-state index is 0.121. The molecule has 0 aromatic heterocycles. The molecule has 0 aliphatic heterocycles. The summed E-state index contributed by atoms with van der Waals surface area (Å²) in [4.78, 5) is 14.1. The van der Waals surface area contributed by atoms with E-state index in [-0.39, 0.29) is 17.9 Å². The molecular formula is C13H27N3O. The van der Waals surface area contributed by atoms with Crippen LogP contribution in [-0.2, 0) is 4.79 Å². The van der Waals surface area contributed by atoms with Crippen molar-refractivity contribution in [2.45, 2.75) is 45.2 Å². The lowest BCUT2D eigenvalue weighted by Gasteiger charge is -2.31. The fourth-order valence-corrected chi connectivity index (χ4v) is 2.17. The van der Waals surface area contributed by atoms with Crippen LogP contribution in [0.5, 0.6) is 0 Å². The van der Waals surface area contributed by atoms with Crippen LogP contribution in [0, 0.1) is 11.8 Å². The molecule has 17 heavy (non-hydrogen) atoms. The van der Waals surface area contributed by atoms with Gasteiger partial charge in [-0.25, -0.2) is 0 Å². The Balaban J connectivity index is 2.33. The standard InChI is InChI=1S/C13H27N3O/c1-9-5-6-11(7-12(9)14)13(17)15-8-10(2)16(3)4/h9-12H,5-8,14H2,1-4H3,(H,15,17). The van der Waals surface area contributed by atoms with Crippen molar-refractivity contribution in [3.05, 3.63) is 0 Å². The minimum Gasteiger partial charge on any atom is -0.354 e. The summed E-state index contributed by atoms with van der Waals surface area (Å²) < 4.78 is 0. The summed E-state index contributed by atoms with van der Waals surface area (Å²) in [6.45, 7) is 5.00. The maximum atomic E-state index is 12.0. The quantitative estimate of drug-likeness (QED) is 0.766. The van der Waals surface area contributed by atoms with Crippen molar-refractivity contribution >= 4 is 5.91 Å². The predicted octanol–water partition coefficient (Wildman–Crippen LogP) is 0.816. The third-order valence-corrected chi connectivity index (χ3v) is 4.08. The number of nitrogens with zero attached hydrogens (tertiary/aromatic N) is 1. The van der Waals surface area contributed by atoms with Crippen molar-refractivity contribution in [3.8, 4) is 0 Å². The van der Waals surface area contributed by atoms with Gasteiger partial charge >= 0.3 is 0 Å². The second kappa shape index (κ2) is 6.36. The van der Waals surface area contributed by atoms with Crippen LogP contribution in [0.3, 0.4) is 0 Å². The first-order valence-corrected chi connectivity index (χ1v) is 6.61. The van der Waals surface area contributed by atoms with E-state index in [9.17, 15) is 4.79 Å². The Morgan fingerprint density at radius 3 is 2.65 bits per heavy atom. The summed E-state index contributed by atoms with van der Waals surface area (Å²) in [5.74, 6) is 0.858. The molecule has 4 unspecified atom stereocenters. The zero-order valence-electron chi connectivity index (χ0n) is 11.6. The summed E-state index contributed by atoms with van der Waals surface area (Å²) in [6, 6.07) is 0.556. The fourth-order valence-electron chi connectivity index (χ4n) is 2.17. The Bertz CT molecular complexity index is 255. The SMILES string of the molecule is CC1CCC(C(=O)NCC(C)N(C)C)CC1N. The summed E-state index contributed by atoms with van der Waals surface area (Å²) in [7, 11) is 4.05. The van der Waals surface area contributed by atoms with E-state index in [0.29, 0.717) is 18.5 Å². The predicted molar refractivity (Wildman–Crippen MR) is 70.6 cm³/mol. The number of nitrogens with two attached hydrogens (primary N) is 1. The van der Waals surface area contributed by atoms with Gasteiger partial charge in [0.25, 0.3) is 0 Å². The molecule has 0 spiro atoms. The van der Waals surface area contributed by atoms with Crippen molar-refractivity contribution in [2.75, 3.05) is 20.6 Å². The first-order chi connectivity index (χ1) is 7.91. The van der Waals surface area contributed by atoms with Gasteiger partial charge in [0.1, 0.15) is 0 Å². The Hall–Kier alpha value is -0.610. The summed E-state index contributed by atoms with van der Waals surface area (Å²) in [5, 5.41) is 3.03. The first-order valence-electron chi connectivity index (χ1n) is 6.61. The zero-order chi connectivity index (χ0) is 13.0. The highest BCUT2D eigenvalue weighted by molar-refractivity contribution is 5.78. The van der Waals surface area contributed by atoms with E-state index in [1.807, 2.05) is 14.1 Å². The fraction of sp³-hybridized carbons (Fsp3) is 0.923. The maximum absolute atomic E-state index is 12.0. The van der Waals surface area contributed by atoms with Gasteiger partial charge in [-0.05, 0) is 46.2 Å². The van der Waals surface area contributed by atoms with E-state index < -0.39 is 0 Å². The molecule has 1 fully saturated rings. The van der Waals surface area contributed by atoms with Gasteiger partial charge in [-0.1, -0.05) is 6.92 Å². The van der Waals surface area contributed by atoms with Gasteiger partial charge in [0.2, 0.25) is 5.91 Å². The summed E-state index contributed by atoms with van der Waals surface area (Å²) >= 11 is 0. The first kappa shape index (κ1) is 14.5. The normalized spacial score (nSPS) is 31.3. The van der Waals surface area contributed by atoms with Gasteiger partial charge in [0, 0.05) is 24.5 Å². The number of likely N-dealkylation sites (N-methyl/N-ethyl adjacent to an activating group) is 1. The molecule has 4 atom stereocenters. The van der Waals surface area contributed by atoms with Gasteiger partial charge in [0.15, 0.2) is 0 Å². The van der Waals surface area contributed by atoms with E-state index in [1.54, 1.807) is 0 Å². The molecule has 4 nitrogen and oxygen atoms in total. The molecule has 1 amide bonds.